The third-order valence-corrected chi connectivity index (χ3v) is 3.09. The second kappa shape index (κ2) is 4.86. The van der Waals surface area contributed by atoms with E-state index < -0.39 is 0 Å². The van der Waals surface area contributed by atoms with Crippen LogP contribution in [0.3, 0.4) is 0 Å². The molecule has 1 aliphatic rings. The van der Waals surface area contributed by atoms with Gasteiger partial charge in [-0.05, 0) is 37.7 Å². The monoisotopic (exact) mass is 271 g/mol. The highest BCUT2D eigenvalue weighted by molar-refractivity contribution is 9.10. The zero-order chi connectivity index (χ0) is 10.7. The Hall–Kier alpha value is -0.740. The van der Waals surface area contributed by atoms with E-state index in [4.69, 9.17) is 9.47 Å². The van der Waals surface area contributed by atoms with Crippen LogP contribution in [0.1, 0.15) is 5.56 Å². The SMILES string of the molecule is CNCCc1cc2c(cc1Br)OCCO2. The van der Waals surface area contributed by atoms with Gasteiger partial charge in [0.1, 0.15) is 13.2 Å². The maximum atomic E-state index is 5.53. The maximum absolute atomic E-state index is 5.53. The van der Waals surface area contributed by atoms with Gasteiger partial charge in [-0.15, -0.1) is 0 Å². The number of fused-ring (bicyclic) bond motifs is 1. The fourth-order valence-corrected chi connectivity index (χ4v) is 2.08. The van der Waals surface area contributed by atoms with Gasteiger partial charge in [0.05, 0.1) is 0 Å². The summed E-state index contributed by atoms with van der Waals surface area (Å²) in [7, 11) is 1.95. The summed E-state index contributed by atoms with van der Waals surface area (Å²) in [4.78, 5) is 0. The lowest BCUT2D eigenvalue weighted by atomic mass is 10.1. The number of halogens is 1. The zero-order valence-electron chi connectivity index (χ0n) is 8.68. The quantitative estimate of drug-likeness (QED) is 0.912. The van der Waals surface area contributed by atoms with Gasteiger partial charge < -0.3 is 14.8 Å². The molecule has 1 aliphatic heterocycles. The average molecular weight is 272 g/mol. The van der Waals surface area contributed by atoms with Gasteiger partial charge in [0.25, 0.3) is 0 Å². The molecule has 0 spiro atoms. The van der Waals surface area contributed by atoms with Gasteiger partial charge in [-0.3, -0.25) is 0 Å². The smallest absolute Gasteiger partial charge is 0.162 e. The van der Waals surface area contributed by atoms with Gasteiger partial charge in [0.15, 0.2) is 11.5 Å². The lowest BCUT2D eigenvalue weighted by molar-refractivity contribution is 0.171. The van der Waals surface area contributed by atoms with Crippen LogP contribution in [0.5, 0.6) is 11.5 Å². The average Bonchev–Trinajstić information content (AvgIpc) is 2.26. The molecule has 1 aromatic rings. The largest absolute Gasteiger partial charge is 0.486 e. The molecule has 4 heteroatoms. The molecule has 0 atom stereocenters. The van der Waals surface area contributed by atoms with Crippen molar-refractivity contribution in [1.29, 1.82) is 0 Å². The minimum absolute atomic E-state index is 0.634. The first-order chi connectivity index (χ1) is 7.31. The summed E-state index contributed by atoms with van der Waals surface area (Å²) >= 11 is 3.54. The molecular formula is C11H14BrNO2. The molecule has 0 bridgehead atoms. The van der Waals surface area contributed by atoms with Crippen molar-refractivity contribution >= 4 is 15.9 Å². The second-order valence-electron chi connectivity index (χ2n) is 3.44. The Bertz CT molecular complexity index is 355. The first-order valence-corrected chi connectivity index (χ1v) is 5.83. The van der Waals surface area contributed by atoms with E-state index in [0.29, 0.717) is 13.2 Å². The summed E-state index contributed by atoms with van der Waals surface area (Å²) in [5.41, 5.74) is 1.24. The molecule has 1 aromatic carbocycles. The third-order valence-electron chi connectivity index (χ3n) is 2.36. The number of hydrogen-bond donors (Lipinski definition) is 1. The summed E-state index contributed by atoms with van der Waals surface area (Å²) in [5, 5.41) is 3.13. The summed E-state index contributed by atoms with van der Waals surface area (Å²) in [6, 6.07) is 4.04. The van der Waals surface area contributed by atoms with E-state index in [-0.39, 0.29) is 0 Å². The number of nitrogens with one attached hydrogen (secondary N) is 1. The Morgan fingerprint density at radius 3 is 2.60 bits per heavy atom. The van der Waals surface area contributed by atoms with Crippen LogP contribution < -0.4 is 14.8 Å². The molecule has 1 N–H and O–H groups in total. The highest BCUT2D eigenvalue weighted by Crippen LogP contribution is 2.35. The van der Waals surface area contributed by atoms with E-state index in [1.165, 1.54) is 5.56 Å². The summed E-state index contributed by atoms with van der Waals surface area (Å²) < 4.78 is 12.1. The van der Waals surface area contributed by atoms with Crippen molar-refractivity contribution in [2.75, 3.05) is 26.8 Å². The lowest BCUT2D eigenvalue weighted by Crippen LogP contribution is -2.16. The molecule has 0 aliphatic carbocycles. The van der Waals surface area contributed by atoms with Crippen molar-refractivity contribution in [3.8, 4) is 11.5 Å². The Morgan fingerprint density at radius 1 is 1.27 bits per heavy atom. The van der Waals surface area contributed by atoms with Crippen molar-refractivity contribution in [3.05, 3.63) is 22.2 Å². The molecule has 0 unspecified atom stereocenters. The van der Waals surface area contributed by atoms with E-state index >= 15 is 0 Å². The predicted molar refractivity (Wildman–Crippen MR) is 62.8 cm³/mol. The van der Waals surface area contributed by atoms with Gasteiger partial charge in [-0.25, -0.2) is 0 Å². The Labute approximate surface area is 97.9 Å². The predicted octanol–water partition coefficient (Wildman–Crippen LogP) is 1.98. The third kappa shape index (κ3) is 2.44. The Balaban J connectivity index is 2.24. The van der Waals surface area contributed by atoms with Crippen LogP contribution in [0.25, 0.3) is 0 Å². The van der Waals surface area contributed by atoms with E-state index in [1.54, 1.807) is 0 Å². The van der Waals surface area contributed by atoms with Crippen molar-refractivity contribution < 1.29 is 9.47 Å². The summed E-state index contributed by atoms with van der Waals surface area (Å²) in [5.74, 6) is 1.69. The lowest BCUT2D eigenvalue weighted by Gasteiger charge is -2.19. The van der Waals surface area contributed by atoms with Crippen LogP contribution in [0, 0.1) is 0 Å². The second-order valence-corrected chi connectivity index (χ2v) is 4.30. The number of benzene rings is 1. The van der Waals surface area contributed by atoms with E-state index in [1.807, 2.05) is 13.1 Å². The van der Waals surface area contributed by atoms with Crippen LogP contribution >= 0.6 is 15.9 Å². The Morgan fingerprint density at radius 2 is 1.93 bits per heavy atom. The molecule has 0 saturated carbocycles. The van der Waals surface area contributed by atoms with E-state index in [9.17, 15) is 0 Å². The fraction of sp³-hybridized carbons (Fsp3) is 0.455. The van der Waals surface area contributed by atoms with E-state index in [2.05, 4.69) is 27.3 Å². The molecule has 0 saturated heterocycles. The van der Waals surface area contributed by atoms with Gasteiger partial charge >= 0.3 is 0 Å². The minimum Gasteiger partial charge on any atom is -0.486 e. The number of ether oxygens (including phenoxy) is 2. The van der Waals surface area contributed by atoms with Crippen LogP contribution in [-0.4, -0.2) is 26.8 Å². The first kappa shape index (κ1) is 10.8. The van der Waals surface area contributed by atoms with Gasteiger partial charge in [0.2, 0.25) is 0 Å². The molecule has 0 radical (unpaired) electrons. The molecule has 82 valence electrons. The number of hydrogen-bond acceptors (Lipinski definition) is 3. The topological polar surface area (TPSA) is 30.5 Å². The fourth-order valence-electron chi connectivity index (χ4n) is 1.56. The van der Waals surface area contributed by atoms with Crippen LogP contribution in [0.4, 0.5) is 0 Å². The van der Waals surface area contributed by atoms with Gasteiger partial charge in [0, 0.05) is 4.47 Å². The molecule has 0 aromatic heterocycles. The zero-order valence-corrected chi connectivity index (χ0v) is 10.3. The molecule has 15 heavy (non-hydrogen) atoms. The van der Waals surface area contributed by atoms with Gasteiger partial charge in [-0.2, -0.15) is 0 Å². The van der Waals surface area contributed by atoms with Crippen molar-refractivity contribution in [3.63, 3.8) is 0 Å². The van der Waals surface area contributed by atoms with Crippen LogP contribution in [0.15, 0.2) is 16.6 Å². The minimum atomic E-state index is 0.634. The van der Waals surface area contributed by atoms with Gasteiger partial charge in [-0.1, -0.05) is 15.9 Å². The van der Waals surface area contributed by atoms with Crippen molar-refractivity contribution in [2.45, 2.75) is 6.42 Å². The van der Waals surface area contributed by atoms with E-state index in [0.717, 1.165) is 28.9 Å². The molecule has 0 fully saturated rings. The molecule has 2 rings (SSSR count). The summed E-state index contributed by atoms with van der Waals surface area (Å²) in [6.07, 6.45) is 0.980. The van der Waals surface area contributed by atoms with Crippen LogP contribution in [0.2, 0.25) is 0 Å². The number of likely N-dealkylation sites (N-methyl/N-ethyl adjacent to an activating group) is 1. The van der Waals surface area contributed by atoms with Crippen molar-refractivity contribution in [2.24, 2.45) is 0 Å². The summed E-state index contributed by atoms with van der Waals surface area (Å²) in [6.45, 7) is 2.23. The van der Waals surface area contributed by atoms with Crippen LogP contribution in [-0.2, 0) is 6.42 Å². The van der Waals surface area contributed by atoms with Crippen molar-refractivity contribution in [1.82, 2.24) is 5.32 Å². The highest BCUT2D eigenvalue weighted by Gasteiger charge is 2.14. The molecule has 3 nitrogen and oxygen atoms in total. The standard InChI is InChI=1S/C11H14BrNO2/c1-13-3-2-8-6-10-11(7-9(8)12)15-5-4-14-10/h6-7,13H,2-5H2,1H3. The molecule has 1 heterocycles. The first-order valence-electron chi connectivity index (χ1n) is 5.04. The highest BCUT2D eigenvalue weighted by atomic mass is 79.9. The number of rotatable bonds is 3. The Kier molecular flexibility index (Phi) is 3.49. The maximum Gasteiger partial charge on any atom is 0.162 e. The normalized spacial score (nSPS) is 14.0. The molecular weight excluding hydrogens is 258 g/mol. The molecule has 0 amide bonds.